The quantitative estimate of drug-likeness (QED) is 0.852. The van der Waals surface area contributed by atoms with Crippen LogP contribution in [0.4, 0.5) is 5.00 Å². The molecule has 0 aliphatic carbocycles. The number of nitriles is 1. The molecule has 2 aromatic rings. The van der Waals surface area contributed by atoms with Crippen LogP contribution in [-0.4, -0.2) is 19.0 Å². The van der Waals surface area contributed by atoms with Crippen molar-refractivity contribution < 1.29 is 14.3 Å². The van der Waals surface area contributed by atoms with Gasteiger partial charge in [-0.2, -0.15) is 5.26 Å². The number of hydrogen-bond acceptors (Lipinski definition) is 5. The molecule has 118 valence electrons. The van der Waals surface area contributed by atoms with Crippen LogP contribution in [0.15, 0.2) is 18.2 Å². The number of esters is 1. The van der Waals surface area contributed by atoms with Crippen LogP contribution in [0.25, 0.3) is 0 Å². The van der Waals surface area contributed by atoms with E-state index >= 15 is 0 Å². The minimum Gasteiger partial charge on any atom is -0.465 e. The van der Waals surface area contributed by atoms with Crippen LogP contribution < -0.4 is 5.32 Å². The van der Waals surface area contributed by atoms with E-state index in [1.165, 1.54) is 7.11 Å². The Morgan fingerprint density at radius 3 is 2.61 bits per heavy atom. The predicted molar refractivity (Wildman–Crippen MR) is 89.3 cm³/mol. The third-order valence-electron chi connectivity index (χ3n) is 3.29. The van der Waals surface area contributed by atoms with E-state index in [2.05, 4.69) is 10.1 Å². The largest absolute Gasteiger partial charge is 0.465 e. The Balaban J connectivity index is 2.36. The lowest BCUT2D eigenvalue weighted by Gasteiger charge is -2.05. The molecule has 5 nitrogen and oxygen atoms in total. The Morgan fingerprint density at radius 1 is 1.35 bits per heavy atom. The number of aryl methyl sites for hydroxylation is 1. The van der Waals surface area contributed by atoms with Crippen molar-refractivity contribution in [1.82, 2.24) is 0 Å². The second-order valence-electron chi connectivity index (χ2n) is 4.78. The zero-order valence-corrected chi connectivity index (χ0v) is 14.3. The van der Waals surface area contributed by atoms with Crippen LogP contribution >= 0.6 is 22.9 Å². The zero-order chi connectivity index (χ0) is 17.1. The average molecular weight is 349 g/mol. The van der Waals surface area contributed by atoms with Gasteiger partial charge < -0.3 is 10.1 Å². The number of thiophene rings is 1. The fourth-order valence-electron chi connectivity index (χ4n) is 1.93. The molecule has 0 spiro atoms. The Kier molecular flexibility index (Phi) is 5.04. The molecule has 0 saturated carbocycles. The van der Waals surface area contributed by atoms with Crippen molar-refractivity contribution in [2.45, 2.75) is 13.8 Å². The van der Waals surface area contributed by atoms with Crippen molar-refractivity contribution in [3.8, 4) is 6.07 Å². The fraction of sp³-hybridized carbons (Fsp3) is 0.188. The topological polar surface area (TPSA) is 79.2 Å². The number of amides is 1. The van der Waals surface area contributed by atoms with Crippen molar-refractivity contribution >= 4 is 39.8 Å². The van der Waals surface area contributed by atoms with Crippen molar-refractivity contribution in [3.63, 3.8) is 0 Å². The summed E-state index contributed by atoms with van der Waals surface area (Å²) in [5.74, 6) is -0.941. The molecule has 1 aromatic carbocycles. The Morgan fingerprint density at radius 2 is 2.04 bits per heavy atom. The van der Waals surface area contributed by atoms with Crippen molar-refractivity contribution in [1.29, 1.82) is 5.26 Å². The molecule has 1 N–H and O–H groups in total. The molecule has 0 fully saturated rings. The molecule has 0 saturated heterocycles. The summed E-state index contributed by atoms with van der Waals surface area (Å²) in [4.78, 5) is 24.3. The molecule has 0 atom stereocenters. The van der Waals surface area contributed by atoms with Crippen LogP contribution in [0.2, 0.25) is 5.02 Å². The van der Waals surface area contributed by atoms with Gasteiger partial charge >= 0.3 is 5.97 Å². The van der Waals surface area contributed by atoms with E-state index in [0.29, 0.717) is 26.0 Å². The lowest BCUT2D eigenvalue weighted by atomic mass is 10.1. The van der Waals surface area contributed by atoms with Gasteiger partial charge in [0.05, 0.1) is 12.7 Å². The first-order valence-electron chi connectivity index (χ1n) is 6.58. The highest BCUT2D eigenvalue weighted by Gasteiger charge is 2.22. The van der Waals surface area contributed by atoms with Gasteiger partial charge in [0.1, 0.15) is 15.9 Å². The maximum Gasteiger partial charge on any atom is 0.348 e. The first-order chi connectivity index (χ1) is 10.9. The highest BCUT2D eigenvalue weighted by Crippen LogP contribution is 2.33. The number of rotatable bonds is 3. The summed E-state index contributed by atoms with van der Waals surface area (Å²) >= 11 is 7.03. The summed E-state index contributed by atoms with van der Waals surface area (Å²) < 4.78 is 4.68. The first kappa shape index (κ1) is 17.0. The predicted octanol–water partition coefficient (Wildman–Crippen LogP) is 3.93. The van der Waals surface area contributed by atoms with Crippen molar-refractivity contribution in [3.05, 3.63) is 50.4 Å². The second-order valence-corrected chi connectivity index (χ2v) is 6.21. The van der Waals surface area contributed by atoms with E-state index in [4.69, 9.17) is 11.6 Å². The maximum absolute atomic E-state index is 12.3. The van der Waals surface area contributed by atoms with Crippen LogP contribution in [0.5, 0.6) is 0 Å². The van der Waals surface area contributed by atoms with Crippen LogP contribution in [-0.2, 0) is 4.74 Å². The minimum atomic E-state index is -0.539. The van der Waals surface area contributed by atoms with Gasteiger partial charge in [-0.05, 0) is 37.1 Å². The summed E-state index contributed by atoms with van der Waals surface area (Å²) in [6.07, 6.45) is 0. The van der Waals surface area contributed by atoms with E-state index in [1.54, 1.807) is 25.1 Å². The normalized spacial score (nSPS) is 10.0. The van der Waals surface area contributed by atoms with Gasteiger partial charge in [0.2, 0.25) is 0 Å². The molecule has 0 radical (unpaired) electrons. The molecule has 1 amide bonds. The standard InChI is InChI=1S/C16H13ClN2O3S/c1-8-4-5-10(6-12(8)17)14(20)19-15-11(7-18)9(2)13(23-15)16(21)22-3/h4-6H,1-3H3,(H,19,20). The van der Waals surface area contributed by atoms with Crippen LogP contribution in [0, 0.1) is 25.2 Å². The Labute approximate surface area is 142 Å². The molecule has 0 unspecified atom stereocenters. The van der Waals surface area contributed by atoms with Gasteiger partial charge in [0.25, 0.3) is 5.91 Å². The number of carbonyl (C=O) groups excluding carboxylic acids is 2. The molecule has 23 heavy (non-hydrogen) atoms. The molecular weight excluding hydrogens is 336 g/mol. The van der Waals surface area contributed by atoms with E-state index in [9.17, 15) is 14.9 Å². The smallest absolute Gasteiger partial charge is 0.348 e. The number of nitrogens with one attached hydrogen (secondary N) is 1. The van der Waals surface area contributed by atoms with Crippen LogP contribution in [0.1, 0.15) is 36.7 Å². The highest BCUT2D eigenvalue weighted by molar-refractivity contribution is 7.18. The van der Waals surface area contributed by atoms with Gasteiger partial charge in [0.15, 0.2) is 0 Å². The van der Waals surface area contributed by atoms with Gasteiger partial charge in [0, 0.05) is 10.6 Å². The summed E-state index contributed by atoms with van der Waals surface area (Å²) in [6, 6.07) is 6.94. The van der Waals surface area contributed by atoms with E-state index < -0.39 is 11.9 Å². The molecule has 7 heteroatoms. The van der Waals surface area contributed by atoms with Gasteiger partial charge in [-0.1, -0.05) is 17.7 Å². The first-order valence-corrected chi connectivity index (χ1v) is 7.77. The third-order valence-corrected chi connectivity index (χ3v) is 4.88. The summed E-state index contributed by atoms with van der Waals surface area (Å²) in [5.41, 5.74) is 1.97. The highest BCUT2D eigenvalue weighted by atomic mass is 35.5. The van der Waals surface area contributed by atoms with E-state index in [0.717, 1.165) is 16.9 Å². The fourth-order valence-corrected chi connectivity index (χ4v) is 3.18. The van der Waals surface area contributed by atoms with Gasteiger partial charge in [-0.3, -0.25) is 4.79 Å². The molecule has 0 aliphatic heterocycles. The van der Waals surface area contributed by atoms with E-state index in [-0.39, 0.29) is 5.56 Å². The number of ether oxygens (including phenoxy) is 1. The summed E-state index contributed by atoms with van der Waals surface area (Å²) in [5, 5.41) is 12.7. The number of halogens is 1. The number of carbonyl (C=O) groups is 2. The number of benzene rings is 1. The Bertz CT molecular complexity index is 837. The molecule has 0 aliphatic rings. The monoisotopic (exact) mass is 348 g/mol. The third kappa shape index (κ3) is 3.36. The maximum atomic E-state index is 12.3. The lowest BCUT2D eigenvalue weighted by Crippen LogP contribution is -2.11. The molecule has 2 rings (SSSR count). The SMILES string of the molecule is COC(=O)c1sc(NC(=O)c2ccc(C)c(Cl)c2)c(C#N)c1C. The molecule has 1 heterocycles. The number of nitrogens with zero attached hydrogens (tertiary/aromatic N) is 1. The van der Waals surface area contributed by atoms with Crippen LogP contribution in [0.3, 0.4) is 0 Å². The summed E-state index contributed by atoms with van der Waals surface area (Å²) in [7, 11) is 1.26. The number of hydrogen-bond donors (Lipinski definition) is 1. The molecular formula is C16H13ClN2O3S. The van der Waals surface area contributed by atoms with Gasteiger partial charge in [-0.15, -0.1) is 11.3 Å². The second kappa shape index (κ2) is 6.82. The van der Waals surface area contributed by atoms with Gasteiger partial charge in [-0.25, -0.2) is 4.79 Å². The molecule has 0 bridgehead atoms. The zero-order valence-electron chi connectivity index (χ0n) is 12.7. The minimum absolute atomic E-state index is 0.252. The summed E-state index contributed by atoms with van der Waals surface area (Å²) in [6.45, 7) is 3.47. The van der Waals surface area contributed by atoms with Crippen molar-refractivity contribution in [2.24, 2.45) is 0 Å². The average Bonchev–Trinajstić information content (AvgIpc) is 2.84. The molecule has 1 aromatic heterocycles. The number of anilines is 1. The Hall–Kier alpha value is -2.36. The van der Waals surface area contributed by atoms with Crippen molar-refractivity contribution in [2.75, 3.05) is 12.4 Å². The number of methoxy groups -OCH3 is 1. The lowest BCUT2D eigenvalue weighted by molar-refractivity contribution is 0.0605. The van der Waals surface area contributed by atoms with E-state index in [1.807, 2.05) is 13.0 Å².